The lowest BCUT2D eigenvalue weighted by Crippen LogP contribution is -2.14. The molecule has 7 heteroatoms. The maximum absolute atomic E-state index is 13.6. The van der Waals surface area contributed by atoms with Gasteiger partial charge in [0.1, 0.15) is 11.5 Å². The summed E-state index contributed by atoms with van der Waals surface area (Å²) in [6.07, 6.45) is 1.51. The normalized spacial score (nSPS) is 10.3. The zero-order valence-corrected chi connectivity index (χ0v) is 15.8. The predicted molar refractivity (Wildman–Crippen MR) is 108 cm³/mol. The average molecular weight is 393 g/mol. The van der Waals surface area contributed by atoms with Crippen LogP contribution in [0.4, 0.5) is 15.8 Å². The molecule has 1 amide bonds. The minimum atomic E-state index is -0.412. The van der Waals surface area contributed by atoms with Crippen LogP contribution in [-0.2, 0) is 11.3 Å². The zero-order valence-electron chi connectivity index (χ0n) is 15.8. The van der Waals surface area contributed by atoms with Crippen LogP contribution in [0.1, 0.15) is 33.3 Å². The van der Waals surface area contributed by atoms with E-state index in [0.29, 0.717) is 35.7 Å². The number of aromatic nitrogens is 1. The molecule has 0 unspecified atom stereocenters. The van der Waals surface area contributed by atoms with Crippen molar-refractivity contribution in [2.45, 2.75) is 13.5 Å². The van der Waals surface area contributed by atoms with Gasteiger partial charge in [-0.2, -0.15) is 0 Å². The van der Waals surface area contributed by atoms with Crippen molar-refractivity contribution in [3.63, 3.8) is 0 Å². The number of anilines is 2. The van der Waals surface area contributed by atoms with Crippen molar-refractivity contribution in [3.05, 3.63) is 89.5 Å². The fourth-order valence-corrected chi connectivity index (χ4v) is 2.57. The Morgan fingerprint density at radius 1 is 1.00 bits per heavy atom. The van der Waals surface area contributed by atoms with E-state index in [1.54, 1.807) is 61.5 Å². The summed E-state index contributed by atoms with van der Waals surface area (Å²) in [7, 11) is 0. The molecular weight excluding hydrogens is 373 g/mol. The first-order valence-corrected chi connectivity index (χ1v) is 9.08. The highest BCUT2D eigenvalue weighted by Gasteiger charge is 2.10. The molecule has 1 heterocycles. The van der Waals surface area contributed by atoms with E-state index in [2.05, 4.69) is 15.6 Å². The molecule has 148 valence electrons. The first-order valence-electron chi connectivity index (χ1n) is 9.08. The minimum Gasteiger partial charge on any atom is -0.462 e. The van der Waals surface area contributed by atoms with E-state index in [9.17, 15) is 14.0 Å². The summed E-state index contributed by atoms with van der Waals surface area (Å²) in [4.78, 5) is 28.1. The van der Waals surface area contributed by atoms with Crippen LogP contribution in [0.3, 0.4) is 0 Å². The number of nitrogens with one attached hydrogen (secondary N) is 2. The number of halogens is 1. The molecule has 29 heavy (non-hydrogen) atoms. The zero-order chi connectivity index (χ0) is 20.6. The van der Waals surface area contributed by atoms with E-state index in [-0.39, 0.29) is 17.4 Å². The van der Waals surface area contributed by atoms with E-state index in [1.165, 1.54) is 12.3 Å². The Balaban J connectivity index is 1.57. The van der Waals surface area contributed by atoms with Crippen molar-refractivity contribution in [1.29, 1.82) is 0 Å². The number of amides is 1. The van der Waals surface area contributed by atoms with Gasteiger partial charge in [0, 0.05) is 17.8 Å². The Morgan fingerprint density at radius 3 is 2.38 bits per heavy atom. The summed E-state index contributed by atoms with van der Waals surface area (Å²) in [6.45, 7) is 2.35. The molecule has 2 N–H and O–H groups in total. The monoisotopic (exact) mass is 393 g/mol. The molecule has 0 atom stereocenters. The minimum absolute atomic E-state index is 0.232. The number of nitrogens with zero attached hydrogens (tertiary/aromatic N) is 1. The molecule has 1 aromatic heterocycles. The van der Waals surface area contributed by atoms with Crippen molar-refractivity contribution in [3.8, 4) is 0 Å². The molecule has 0 saturated carbocycles. The number of esters is 1. The predicted octanol–water partition coefficient (Wildman–Crippen LogP) is 4.26. The van der Waals surface area contributed by atoms with Gasteiger partial charge in [0.05, 0.1) is 24.1 Å². The van der Waals surface area contributed by atoms with E-state index < -0.39 is 5.97 Å². The lowest BCUT2D eigenvalue weighted by Gasteiger charge is -2.09. The number of hydrogen-bond acceptors (Lipinski definition) is 5. The molecule has 0 aliphatic rings. The Morgan fingerprint density at radius 2 is 1.72 bits per heavy atom. The van der Waals surface area contributed by atoms with Crippen LogP contribution in [0.25, 0.3) is 0 Å². The van der Waals surface area contributed by atoms with Crippen molar-refractivity contribution in [2.24, 2.45) is 0 Å². The van der Waals surface area contributed by atoms with Gasteiger partial charge in [0.2, 0.25) is 0 Å². The van der Waals surface area contributed by atoms with Crippen LogP contribution in [0.5, 0.6) is 0 Å². The Hall–Kier alpha value is -3.74. The van der Waals surface area contributed by atoms with Crippen LogP contribution in [0.2, 0.25) is 0 Å². The van der Waals surface area contributed by atoms with Gasteiger partial charge in [-0.3, -0.25) is 4.79 Å². The van der Waals surface area contributed by atoms with Crippen molar-refractivity contribution in [1.82, 2.24) is 4.98 Å². The number of ether oxygens (including phenoxy) is 1. The fraction of sp³-hybridized carbons (Fsp3) is 0.136. The highest BCUT2D eigenvalue weighted by atomic mass is 19.1. The van der Waals surface area contributed by atoms with Gasteiger partial charge < -0.3 is 15.4 Å². The number of hydrogen-bond donors (Lipinski definition) is 2. The summed E-state index contributed by atoms with van der Waals surface area (Å²) in [6, 6.07) is 16.2. The van der Waals surface area contributed by atoms with Gasteiger partial charge >= 0.3 is 5.97 Å². The first-order chi connectivity index (χ1) is 14.1. The molecule has 0 aliphatic heterocycles. The van der Waals surface area contributed by atoms with Gasteiger partial charge in [0.15, 0.2) is 0 Å². The molecule has 3 aromatic rings. The molecule has 3 rings (SSSR count). The largest absolute Gasteiger partial charge is 0.462 e. The lowest BCUT2D eigenvalue weighted by molar-refractivity contribution is 0.0526. The fourth-order valence-electron chi connectivity index (χ4n) is 2.57. The Kier molecular flexibility index (Phi) is 6.52. The second-order valence-electron chi connectivity index (χ2n) is 6.13. The molecule has 0 saturated heterocycles. The van der Waals surface area contributed by atoms with E-state index >= 15 is 0 Å². The SMILES string of the molecule is CCOC(=O)c1ccc(NC(=O)c2ccc(NCc3ccccc3F)cn2)cc1. The van der Waals surface area contributed by atoms with Gasteiger partial charge in [0.25, 0.3) is 5.91 Å². The number of carbonyl (C=O) groups is 2. The maximum atomic E-state index is 13.6. The summed E-state index contributed by atoms with van der Waals surface area (Å²) >= 11 is 0. The van der Waals surface area contributed by atoms with Crippen LogP contribution in [0, 0.1) is 5.82 Å². The highest BCUT2D eigenvalue weighted by molar-refractivity contribution is 6.03. The van der Waals surface area contributed by atoms with Crippen LogP contribution < -0.4 is 10.6 Å². The number of rotatable bonds is 7. The van der Waals surface area contributed by atoms with E-state index in [0.717, 1.165) is 0 Å². The molecular formula is C22H20FN3O3. The molecule has 0 bridgehead atoms. The standard InChI is InChI=1S/C22H20FN3O3/c1-2-29-22(28)15-7-9-17(10-8-15)26-21(27)20-12-11-18(14-25-20)24-13-16-5-3-4-6-19(16)23/h3-12,14,24H,2,13H2,1H3,(H,26,27). The van der Waals surface area contributed by atoms with Gasteiger partial charge in [-0.25, -0.2) is 14.2 Å². The topological polar surface area (TPSA) is 80.3 Å². The summed E-state index contributed by atoms with van der Waals surface area (Å²) in [5.41, 5.74) is 2.39. The Bertz CT molecular complexity index is 989. The van der Waals surface area contributed by atoms with Crippen LogP contribution >= 0.6 is 0 Å². The third-order valence-corrected chi connectivity index (χ3v) is 4.09. The van der Waals surface area contributed by atoms with E-state index in [4.69, 9.17) is 4.74 Å². The van der Waals surface area contributed by atoms with Gasteiger partial charge in [-0.1, -0.05) is 18.2 Å². The highest BCUT2D eigenvalue weighted by Crippen LogP contribution is 2.14. The molecule has 0 radical (unpaired) electrons. The number of benzene rings is 2. The van der Waals surface area contributed by atoms with Gasteiger partial charge in [-0.15, -0.1) is 0 Å². The summed E-state index contributed by atoms with van der Waals surface area (Å²) in [5, 5.41) is 5.78. The van der Waals surface area contributed by atoms with Crippen molar-refractivity contribution >= 4 is 23.3 Å². The molecule has 2 aromatic carbocycles. The summed E-state index contributed by atoms with van der Waals surface area (Å²) < 4.78 is 18.6. The number of carbonyl (C=O) groups excluding carboxylic acids is 2. The molecule has 0 fully saturated rings. The third-order valence-electron chi connectivity index (χ3n) is 4.09. The third kappa shape index (κ3) is 5.38. The molecule has 6 nitrogen and oxygen atoms in total. The average Bonchev–Trinajstić information content (AvgIpc) is 2.74. The van der Waals surface area contributed by atoms with Crippen LogP contribution in [-0.4, -0.2) is 23.5 Å². The molecule has 0 spiro atoms. The van der Waals surface area contributed by atoms with E-state index in [1.807, 2.05) is 0 Å². The van der Waals surface area contributed by atoms with Gasteiger partial charge in [-0.05, 0) is 49.4 Å². The second kappa shape index (κ2) is 9.45. The quantitative estimate of drug-likeness (QED) is 0.586. The lowest BCUT2D eigenvalue weighted by atomic mass is 10.2. The number of pyridine rings is 1. The Labute approximate surface area is 167 Å². The maximum Gasteiger partial charge on any atom is 0.338 e. The van der Waals surface area contributed by atoms with Crippen molar-refractivity contribution < 1.29 is 18.7 Å². The van der Waals surface area contributed by atoms with Crippen LogP contribution in [0.15, 0.2) is 66.9 Å². The molecule has 0 aliphatic carbocycles. The summed E-state index contributed by atoms with van der Waals surface area (Å²) in [5.74, 6) is -1.07. The second-order valence-corrected chi connectivity index (χ2v) is 6.13. The van der Waals surface area contributed by atoms with Crippen molar-refractivity contribution in [2.75, 3.05) is 17.2 Å². The smallest absolute Gasteiger partial charge is 0.338 e. The first kappa shape index (κ1) is 20.0.